The van der Waals surface area contributed by atoms with E-state index in [2.05, 4.69) is 25.4 Å². The second-order valence-corrected chi connectivity index (χ2v) is 6.64. The highest BCUT2D eigenvalue weighted by Crippen LogP contribution is 2.39. The van der Waals surface area contributed by atoms with E-state index in [0.29, 0.717) is 28.5 Å². The molecule has 2 aliphatic rings. The fourth-order valence-electron chi connectivity index (χ4n) is 3.70. The first-order valence-electron chi connectivity index (χ1n) is 9.02. The first-order chi connectivity index (χ1) is 13.7. The standard InChI is InChI=1S/C18H17FN6O3/c19-11-8-12-14-2-1-4-24(14)15-3-5-25-16(22-15)13(10-21-25)17(26)23-28-7-6-27-18(12)20-9-11/h3,5,8-10,14H,1-2,4,6-7H2,(H,23,26)/t14-/m1/s1. The number of pyridine rings is 1. The quantitative estimate of drug-likeness (QED) is 0.630. The van der Waals surface area contributed by atoms with Gasteiger partial charge in [-0.3, -0.25) is 9.63 Å². The minimum atomic E-state index is -0.435. The minimum absolute atomic E-state index is 0.108. The third kappa shape index (κ3) is 2.82. The summed E-state index contributed by atoms with van der Waals surface area (Å²) in [5.74, 6) is 0.185. The molecule has 9 nitrogen and oxygen atoms in total. The molecule has 10 heteroatoms. The van der Waals surface area contributed by atoms with Gasteiger partial charge in [0.1, 0.15) is 30.4 Å². The lowest BCUT2D eigenvalue weighted by Gasteiger charge is -2.27. The summed E-state index contributed by atoms with van der Waals surface area (Å²) < 4.78 is 21.2. The molecule has 144 valence electrons. The van der Waals surface area contributed by atoms with Crippen LogP contribution in [0.3, 0.4) is 0 Å². The molecule has 0 saturated carbocycles. The van der Waals surface area contributed by atoms with Gasteiger partial charge in [-0.15, -0.1) is 0 Å². The van der Waals surface area contributed by atoms with Gasteiger partial charge in [0.05, 0.1) is 18.4 Å². The Labute approximate surface area is 159 Å². The first kappa shape index (κ1) is 16.9. The summed E-state index contributed by atoms with van der Waals surface area (Å²) in [6.45, 7) is 1.02. The highest BCUT2D eigenvalue weighted by atomic mass is 19.1. The van der Waals surface area contributed by atoms with Gasteiger partial charge in [0, 0.05) is 18.3 Å². The van der Waals surface area contributed by atoms with Crippen molar-refractivity contribution >= 4 is 17.4 Å². The number of anilines is 1. The third-order valence-corrected chi connectivity index (χ3v) is 4.94. The van der Waals surface area contributed by atoms with Crippen molar-refractivity contribution in [2.75, 3.05) is 24.7 Å². The van der Waals surface area contributed by atoms with Crippen molar-refractivity contribution in [2.45, 2.75) is 18.9 Å². The summed E-state index contributed by atoms with van der Waals surface area (Å²) in [5, 5.41) is 4.17. The fourth-order valence-corrected chi connectivity index (χ4v) is 3.70. The van der Waals surface area contributed by atoms with Gasteiger partial charge in [-0.25, -0.2) is 24.4 Å². The van der Waals surface area contributed by atoms with Crippen LogP contribution in [0.15, 0.2) is 30.7 Å². The van der Waals surface area contributed by atoms with Crippen molar-refractivity contribution in [1.29, 1.82) is 0 Å². The van der Waals surface area contributed by atoms with Crippen molar-refractivity contribution in [3.8, 4) is 5.88 Å². The molecule has 0 aliphatic carbocycles. The normalized spacial score (nSPS) is 19.7. The molecule has 1 fully saturated rings. The van der Waals surface area contributed by atoms with E-state index in [0.717, 1.165) is 25.6 Å². The van der Waals surface area contributed by atoms with Crippen LogP contribution >= 0.6 is 0 Å². The van der Waals surface area contributed by atoms with Gasteiger partial charge in [-0.2, -0.15) is 5.10 Å². The van der Waals surface area contributed by atoms with E-state index in [1.807, 2.05) is 6.07 Å². The number of hydroxylamine groups is 1. The van der Waals surface area contributed by atoms with Crippen LogP contribution in [0.1, 0.15) is 34.8 Å². The van der Waals surface area contributed by atoms with Crippen LogP contribution in [-0.2, 0) is 4.84 Å². The SMILES string of the molecule is O=C1NOCCOc2ncc(F)cc2[C@H]2CCCN2c2ccn3ncc1c3n2. The summed E-state index contributed by atoms with van der Waals surface area (Å²) in [5.41, 5.74) is 3.77. The highest BCUT2D eigenvalue weighted by Gasteiger charge is 2.31. The fraction of sp³-hybridized carbons (Fsp3) is 0.333. The molecule has 0 radical (unpaired) electrons. The van der Waals surface area contributed by atoms with E-state index in [1.165, 1.54) is 16.8 Å². The zero-order valence-electron chi connectivity index (χ0n) is 14.8. The highest BCUT2D eigenvalue weighted by molar-refractivity contribution is 5.99. The molecule has 2 aliphatic heterocycles. The Morgan fingerprint density at radius 2 is 2.21 bits per heavy atom. The zero-order valence-corrected chi connectivity index (χ0v) is 14.8. The molecule has 2 bridgehead atoms. The van der Waals surface area contributed by atoms with Crippen LogP contribution in [0.25, 0.3) is 5.65 Å². The molecule has 0 unspecified atom stereocenters. The summed E-state index contributed by atoms with van der Waals surface area (Å²) in [6.07, 6.45) is 6.06. The number of halogens is 1. The Balaban J connectivity index is 1.65. The molecule has 5 rings (SSSR count). The molecule has 3 aromatic rings. The molecule has 3 aromatic heterocycles. The lowest BCUT2D eigenvalue weighted by molar-refractivity contribution is 0.0195. The van der Waals surface area contributed by atoms with Gasteiger partial charge >= 0.3 is 0 Å². The molecular weight excluding hydrogens is 367 g/mol. The van der Waals surface area contributed by atoms with E-state index in [9.17, 15) is 9.18 Å². The molecule has 0 aromatic carbocycles. The van der Waals surface area contributed by atoms with Crippen molar-refractivity contribution in [3.05, 3.63) is 47.7 Å². The van der Waals surface area contributed by atoms with Gasteiger partial charge < -0.3 is 9.64 Å². The van der Waals surface area contributed by atoms with Crippen molar-refractivity contribution in [2.24, 2.45) is 0 Å². The molecule has 28 heavy (non-hydrogen) atoms. The molecular formula is C18H17FN6O3. The molecule has 1 N–H and O–H groups in total. The number of hydrogen-bond acceptors (Lipinski definition) is 7. The Kier molecular flexibility index (Phi) is 4.05. The van der Waals surface area contributed by atoms with Gasteiger partial charge in [0.15, 0.2) is 5.65 Å². The minimum Gasteiger partial charge on any atom is -0.475 e. The van der Waals surface area contributed by atoms with E-state index in [4.69, 9.17) is 9.57 Å². The molecule has 1 saturated heterocycles. The number of aromatic nitrogens is 4. The van der Waals surface area contributed by atoms with Crippen molar-refractivity contribution in [1.82, 2.24) is 25.1 Å². The van der Waals surface area contributed by atoms with Gasteiger partial charge in [-0.05, 0) is 25.0 Å². The summed E-state index contributed by atoms with van der Waals surface area (Å²) in [4.78, 5) is 28.4. The maximum Gasteiger partial charge on any atom is 0.280 e. The van der Waals surface area contributed by atoms with Crippen LogP contribution in [0.4, 0.5) is 10.2 Å². The monoisotopic (exact) mass is 384 g/mol. The average molecular weight is 384 g/mol. The van der Waals surface area contributed by atoms with Crippen LogP contribution < -0.4 is 15.1 Å². The predicted molar refractivity (Wildman–Crippen MR) is 95.4 cm³/mol. The number of rotatable bonds is 0. The average Bonchev–Trinajstić information content (AvgIpc) is 3.34. The summed E-state index contributed by atoms with van der Waals surface area (Å²) >= 11 is 0. The number of hydrogen-bond donors (Lipinski definition) is 1. The second-order valence-electron chi connectivity index (χ2n) is 6.64. The molecule has 5 heterocycles. The molecule has 1 amide bonds. The van der Waals surface area contributed by atoms with Gasteiger partial charge in [-0.1, -0.05) is 0 Å². The number of ether oxygens (including phenoxy) is 1. The van der Waals surface area contributed by atoms with E-state index in [1.54, 1.807) is 6.20 Å². The van der Waals surface area contributed by atoms with E-state index in [-0.39, 0.29) is 19.3 Å². The van der Waals surface area contributed by atoms with Crippen LogP contribution in [0, 0.1) is 5.82 Å². The first-order valence-corrected chi connectivity index (χ1v) is 9.02. The predicted octanol–water partition coefficient (Wildman–Crippen LogP) is 1.66. The number of amides is 1. The summed E-state index contributed by atoms with van der Waals surface area (Å²) in [7, 11) is 0. The number of fused-ring (bicyclic) bond motifs is 5. The van der Waals surface area contributed by atoms with Crippen LogP contribution in [0.2, 0.25) is 0 Å². The lowest BCUT2D eigenvalue weighted by Crippen LogP contribution is -2.28. The topological polar surface area (TPSA) is 93.9 Å². The van der Waals surface area contributed by atoms with E-state index >= 15 is 0 Å². The molecule has 0 spiro atoms. The Hall–Kier alpha value is -3.27. The number of nitrogens with zero attached hydrogens (tertiary/aromatic N) is 5. The Bertz CT molecular complexity index is 1050. The summed E-state index contributed by atoms with van der Waals surface area (Å²) in [6, 6.07) is 3.16. The number of nitrogens with one attached hydrogen (secondary N) is 1. The maximum atomic E-state index is 14.0. The maximum absolute atomic E-state index is 14.0. The smallest absolute Gasteiger partial charge is 0.280 e. The number of carbonyl (C=O) groups is 1. The van der Waals surface area contributed by atoms with Gasteiger partial charge in [0.2, 0.25) is 5.88 Å². The lowest BCUT2D eigenvalue weighted by atomic mass is 10.1. The van der Waals surface area contributed by atoms with Crippen molar-refractivity contribution in [3.63, 3.8) is 0 Å². The zero-order chi connectivity index (χ0) is 19.1. The number of carbonyl (C=O) groups excluding carboxylic acids is 1. The van der Waals surface area contributed by atoms with Gasteiger partial charge in [0.25, 0.3) is 5.91 Å². The Morgan fingerprint density at radius 1 is 1.29 bits per heavy atom. The van der Waals surface area contributed by atoms with Crippen LogP contribution in [0.5, 0.6) is 5.88 Å². The largest absolute Gasteiger partial charge is 0.475 e. The second kappa shape index (κ2) is 6.71. The third-order valence-electron chi connectivity index (χ3n) is 4.94. The van der Waals surface area contributed by atoms with E-state index < -0.39 is 11.7 Å². The van der Waals surface area contributed by atoms with Crippen molar-refractivity contribution < 1.29 is 18.8 Å². The Morgan fingerprint density at radius 3 is 3.14 bits per heavy atom. The molecule has 1 atom stereocenters. The van der Waals surface area contributed by atoms with Crippen LogP contribution in [-0.4, -0.2) is 45.2 Å².